The van der Waals surface area contributed by atoms with Crippen LogP contribution in [-0.4, -0.2) is 60.9 Å². The molecule has 2 aromatic rings. The van der Waals surface area contributed by atoms with Crippen molar-refractivity contribution in [3.8, 4) is 0 Å². The predicted molar refractivity (Wildman–Crippen MR) is 114 cm³/mol. The topological polar surface area (TPSA) is 52.7 Å². The zero-order valence-corrected chi connectivity index (χ0v) is 17.7. The van der Waals surface area contributed by atoms with Crippen molar-refractivity contribution in [2.24, 2.45) is 0 Å². The fraction of sp³-hybridized carbons (Fsp3) is 0.524. The maximum Gasteiger partial charge on any atom is 0.254 e. The highest BCUT2D eigenvalue weighted by atomic mass is 32.1. The van der Waals surface area contributed by atoms with Gasteiger partial charge in [0, 0.05) is 49.5 Å². The van der Waals surface area contributed by atoms with Gasteiger partial charge in [0.25, 0.3) is 5.91 Å². The molecular formula is C21H27N3O2S2. The minimum Gasteiger partial charge on any atom is -0.354 e. The highest BCUT2D eigenvalue weighted by Crippen LogP contribution is 2.43. The second kappa shape index (κ2) is 8.76. The maximum absolute atomic E-state index is 13.0. The minimum atomic E-state index is -0.306. The number of hydrogen-bond donors (Lipinski definition) is 1. The van der Waals surface area contributed by atoms with Crippen LogP contribution >= 0.6 is 22.7 Å². The van der Waals surface area contributed by atoms with E-state index in [0.717, 1.165) is 64.0 Å². The molecule has 3 heterocycles. The van der Waals surface area contributed by atoms with E-state index in [1.807, 2.05) is 27.8 Å². The first-order valence-corrected chi connectivity index (χ1v) is 11.9. The summed E-state index contributed by atoms with van der Waals surface area (Å²) in [5, 5.41) is 9.13. The molecule has 28 heavy (non-hydrogen) atoms. The number of thiophene rings is 2. The van der Waals surface area contributed by atoms with E-state index in [2.05, 4.69) is 21.7 Å². The van der Waals surface area contributed by atoms with Gasteiger partial charge < -0.3 is 10.2 Å². The molecule has 1 N–H and O–H groups in total. The molecule has 2 fully saturated rings. The Morgan fingerprint density at radius 1 is 1.07 bits per heavy atom. The van der Waals surface area contributed by atoms with Crippen LogP contribution in [0, 0.1) is 0 Å². The van der Waals surface area contributed by atoms with Crippen molar-refractivity contribution < 1.29 is 9.59 Å². The quantitative estimate of drug-likeness (QED) is 0.785. The highest BCUT2D eigenvalue weighted by Gasteiger charge is 2.43. The summed E-state index contributed by atoms with van der Waals surface area (Å²) in [4.78, 5) is 30.9. The number of carbonyl (C=O) groups is 2. The van der Waals surface area contributed by atoms with Crippen molar-refractivity contribution in [1.29, 1.82) is 0 Å². The smallest absolute Gasteiger partial charge is 0.254 e. The van der Waals surface area contributed by atoms with Crippen LogP contribution in [0.25, 0.3) is 0 Å². The molecule has 0 spiro atoms. The number of hydrogen-bond acceptors (Lipinski definition) is 5. The van der Waals surface area contributed by atoms with Gasteiger partial charge in [-0.2, -0.15) is 11.3 Å². The van der Waals surface area contributed by atoms with Gasteiger partial charge in [0.05, 0.1) is 11.0 Å². The SMILES string of the molecule is O=C(c1ccsc1)N1CCN(CCNC(=O)C2(c3cccs3)CCCC2)CC1. The number of rotatable bonds is 6. The van der Waals surface area contributed by atoms with Crippen molar-refractivity contribution in [2.45, 2.75) is 31.1 Å². The van der Waals surface area contributed by atoms with Crippen molar-refractivity contribution in [2.75, 3.05) is 39.3 Å². The standard InChI is InChI=1S/C21H27N3O2S2/c25-19(17-5-15-27-16-17)24-12-10-23(11-13-24)9-8-22-20(26)21(6-1-2-7-21)18-4-3-14-28-18/h3-5,14-16H,1-2,6-13H2,(H,22,26). The summed E-state index contributed by atoms with van der Waals surface area (Å²) in [5.41, 5.74) is 0.487. The first-order valence-electron chi connectivity index (χ1n) is 10.1. The van der Waals surface area contributed by atoms with Crippen molar-refractivity contribution >= 4 is 34.5 Å². The highest BCUT2D eigenvalue weighted by molar-refractivity contribution is 7.10. The zero-order valence-electron chi connectivity index (χ0n) is 16.1. The average molecular weight is 418 g/mol. The van der Waals surface area contributed by atoms with Gasteiger partial charge in [-0.15, -0.1) is 11.3 Å². The summed E-state index contributed by atoms with van der Waals surface area (Å²) in [6.07, 6.45) is 4.18. The monoisotopic (exact) mass is 417 g/mol. The van der Waals surface area contributed by atoms with E-state index in [4.69, 9.17) is 0 Å². The summed E-state index contributed by atoms with van der Waals surface area (Å²) in [6.45, 7) is 4.74. The normalized spacial score (nSPS) is 19.6. The molecule has 1 aliphatic carbocycles. The van der Waals surface area contributed by atoms with E-state index in [-0.39, 0.29) is 17.2 Å². The summed E-state index contributed by atoms with van der Waals surface area (Å²) in [7, 11) is 0. The van der Waals surface area contributed by atoms with Crippen LogP contribution in [0.15, 0.2) is 34.3 Å². The fourth-order valence-electron chi connectivity index (χ4n) is 4.35. The molecule has 1 saturated carbocycles. The number of carbonyl (C=O) groups excluding carboxylic acids is 2. The molecule has 0 radical (unpaired) electrons. The van der Waals surface area contributed by atoms with Gasteiger partial charge in [-0.05, 0) is 35.7 Å². The molecule has 0 unspecified atom stereocenters. The number of nitrogens with one attached hydrogen (secondary N) is 1. The lowest BCUT2D eigenvalue weighted by molar-refractivity contribution is -0.126. The first kappa shape index (κ1) is 19.6. The Labute approximate surface area is 174 Å². The fourth-order valence-corrected chi connectivity index (χ4v) is 5.97. The Bertz CT molecular complexity index is 775. The van der Waals surface area contributed by atoms with E-state index in [0.29, 0.717) is 6.54 Å². The number of nitrogens with zero attached hydrogens (tertiary/aromatic N) is 2. The van der Waals surface area contributed by atoms with E-state index < -0.39 is 0 Å². The second-order valence-electron chi connectivity index (χ2n) is 7.67. The number of amides is 2. The molecule has 0 aromatic carbocycles. The molecule has 5 nitrogen and oxygen atoms in total. The van der Waals surface area contributed by atoms with Crippen LogP contribution in [0.1, 0.15) is 40.9 Å². The minimum absolute atomic E-state index is 0.133. The van der Waals surface area contributed by atoms with Crippen LogP contribution in [0.3, 0.4) is 0 Å². The van der Waals surface area contributed by atoms with E-state index in [9.17, 15) is 9.59 Å². The van der Waals surface area contributed by atoms with Crippen LogP contribution in [0.4, 0.5) is 0 Å². The van der Waals surface area contributed by atoms with E-state index in [1.54, 1.807) is 22.7 Å². The molecule has 2 aromatic heterocycles. The summed E-state index contributed by atoms with van der Waals surface area (Å²) in [5.74, 6) is 0.326. The Morgan fingerprint density at radius 2 is 1.86 bits per heavy atom. The molecule has 150 valence electrons. The van der Waals surface area contributed by atoms with Gasteiger partial charge in [-0.25, -0.2) is 0 Å². The lowest BCUT2D eigenvalue weighted by atomic mass is 9.83. The number of piperazine rings is 1. The Kier molecular flexibility index (Phi) is 6.13. The van der Waals surface area contributed by atoms with Crippen molar-refractivity contribution in [1.82, 2.24) is 15.1 Å². The third-order valence-corrected chi connectivity index (χ3v) is 7.78. The third-order valence-electron chi connectivity index (χ3n) is 6.03. The molecule has 0 atom stereocenters. The van der Waals surface area contributed by atoms with Gasteiger partial charge >= 0.3 is 0 Å². The van der Waals surface area contributed by atoms with Gasteiger partial charge in [0.2, 0.25) is 5.91 Å². The van der Waals surface area contributed by atoms with Crippen LogP contribution < -0.4 is 5.32 Å². The molecule has 0 bridgehead atoms. The average Bonchev–Trinajstić information content (AvgIpc) is 3.50. The Balaban J connectivity index is 1.24. The Morgan fingerprint density at radius 3 is 2.50 bits per heavy atom. The zero-order chi connectivity index (χ0) is 19.4. The molecule has 2 amide bonds. The first-order chi connectivity index (χ1) is 13.7. The van der Waals surface area contributed by atoms with Crippen LogP contribution in [0.2, 0.25) is 0 Å². The summed E-state index contributed by atoms with van der Waals surface area (Å²) < 4.78 is 0. The molecule has 7 heteroatoms. The Hall–Kier alpha value is -1.70. The molecular weight excluding hydrogens is 390 g/mol. The predicted octanol–water partition coefficient (Wildman–Crippen LogP) is 3.20. The van der Waals surface area contributed by atoms with E-state index in [1.165, 1.54) is 4.88 Å². The van der Waals surface area contributed by atoms with Crippen molar-refractivity contribution in [3.63, 3.8) is 0 Å². The summed E-state index contributed by atoms with van der Waals surface area (Å²) >= 11 is 3.26. The third kappa shape index (κ3) is 4.02. The largest absolute Gasteiger partial charge is 0.354 e. The van der Waals surface area contributed by atoms with Crippen LogP contribution in [-0.2, 0) is 10.2 Å². The summed E-state index contributed by atoms with van der Waals surface area (Å²) in [6, 6.07) is 6.05. The van der Waals surface area contributed by atoms with Gasteiger partial charge in [-0.3, -0.25) is 14.5 Å². The molecule has 4 rings (SSSR count). The maximum atomic E-state index is 13.0. The van der Waals surface area contributed by atoms with Gasteiger partial charge in [-0.1, -0.05) is 18.9 Å². The van der Waals surface area contributed by atoms with Gasteiger partial charge in [0.15, 0.2) is 0 Å². The molecule has 1 saturated heterocycles. The lowest BCUT2D eigenvalue weighted by Crippen LogP contribution is -2.51. The lowest BCUT2D eigenvalue weighted by Gasteiger charge is -2.35. The molecule has 1 aliphatic heterocycles. The molecule has 2 aliphatic rings. The van der Waals surface area contributed by atoms with E-state index >= 15 is 0 Å². The second-order valence-corrected chi connectivity index (χ2v) is 9.40. The van der Waals surface area contributed by atoms with Gasteiger partial charge in [0.1, 0.15) is 0 Å². The van der Waals surface area contributed by atoms with Crippen LogP contribution in [0.5, 0.6) is 0 Å². The van der Waals surface area contributed by atoms with Crippen molar-refractivity contribution in [3.05, 3.63) is 44.8 Å².